The number of benzene rings is 2. The van der Waals surface area contributed by atoms with Gasteiger partial charge in [-0.3, -0.25) is 4.79 Å². The zero-order valence-corrected chi connectivity index (χ0v) is 12.9. The van der Waals surface area contributed by atoms with Gasteiger partial charge >= 0.3 is 0 Å². The van der Waals surface area contributed by atoms with Crippen LogP contribution in [0.1, 0.15) is 12.5 Å². The van der Waals surface area contributed by atoms with Crippen LogP contribution in [-0.4, -0.2) is 30.4 Å². The molecule has 1 amide bonds. The first-order valence-corrected chi connectivity index (χ1v) is 6.98. The molecule has 0 spiro atoms. The van der Waals surface area contributed by atoms with Crippen molar-refractivity contribution in [3.8, 4) is 17.2 Å². The third kappa shape index (κ3) is 4.74. The molecule has 0 heterocycles. The number of ether oxygens (including phenoxy) is 2. The van der Waals surface area contributed by atoms with Crippen LogP contribution in [0.15, 0.2) is 53.6 Å². The van der Waals surface area contributed by atoms with Gasteiger partial charge in [0.1, 0.15) is 17.2 Å². The number of methoxy groups -OCH3 is 1. The summed E-state index contributed by atoms with van der Waals surface area (Å²) in [5.41, 5.74) is 3.45. The first-order chi connectivity index (χ1) is 11.1. The lowest BCUT2D eigenvalue weighted by atomic mass is 10.1. The van der Waals surface area contributed by atoms with Gasteiger partial charge in [0, 0.05) is 5.56 Å². The minimum absolute atomic E-state index is 0.109. The highest BCUT2D eigenvalue weighted by Crippen LogP contribution is 2.17. The van der Waals surface area contributed by atoms with Gasteiger partial charge in [-0.05, 0) is 43.3 Å². The number of hydrazone groups is 1. The van der Waals surface area contributed by atoms with Gasteiger partial charge in [-0.25, -0.2) is 5.43 Å². The Morgan fingerprint density at radius 2 is 1.78 bits per heavy atom. The maximum absolute atomic E-state index is 11.7. The molecule has 0 fully saturated rings. The maximum Gasteiger partial charge on any atom is 0.277 e. The third-order valence-electron chi connectivity index (χ3n) is 3.07. The topological polar surface area (TPSA) is 80.2 Å². The SMILES string of the molecule is COc1ccc(OCC(=O)N/N=C(\C)c2ccccc2O)cc1. The molecule has 0 atom stereocenters. The fraction of sp³-hybridized carbons (Fsp3) is 0.176. The zero-order valence-electron chi connectivity index (χ0n) is 12.9. The van der Waals surface area contributed by atoms with Crippen LogP contribution >= 0.6 is 0 Å². The molecule has 23 heavy (non-hydrogen) atoms. The van der Waals surface area contributed by atoms with Crippen molar-refractivity contribution in [3.63, 3.8) is 0 Å². The molecule has 0 aliphatic rings. The molecule has 2 rings (SSSR count). The minimum Gasteiger partial charge on any atom is -0.507 e. The Hall–Kier alpha value is -3.02. The number of hydrogen-bond acceptors (Lipinski definition) is 5. The van der Waals surface area contributed by atoms with Gasteiger partial charge in [-0.15, -0.1) is 0 Å². The molecule has 2 aromatic carbocycles. The van der Waals surface area contributed by atoms with Crippen molar-refractivity contribution < 1.29 is 19.4 Å². The predicted molar refractivity (Wildman–Crippen MR) is 86.9 cm³/mol. The van der Waals surface area contributed by atoms with E-state index in [0.29, 0.717) is 22.8 Å². The van der Waals surface area contributed by atoms with E-state index >= 15 is 0 Å². The Labute approximate surface area is 134 Å². The smallest absolute Gasteiger partial charge is 0.277 e. The van der Waals surface area contributed by atoms with Crippen molar-refractivity contribution in [1.82, 2.24) is 5.43 Å². The number of aromatic hydroxyl groups is 1. The van der Waals surface area contributed by atoms with E-state index in [1.165, 1.54) is 0 Å². The molecule has 0 saturated heterocycles. The second-order valence-electron chi connectivity index (χ2n) is 4.71. The van der Waals surface area contributed by atoms with Gasteiger partial charge in [-0.2, -0.15) is 5.10 Å². The van der Waals surface area contributed by atoms with Crippen molar-refractivity contribution in [2.24, 2.45) is 5.10 Å². The van der Waals surface area contributed by atoms with Gasteiger partial charge in [0.2, 0.25) is 0 Å². The maximum atomic E-state index is 11.7. The van der Waals surface area contributed by atoms with E-state index < -0.39 is 5.91 Å². The third-order valence-corrected chi connectivity index (χ3v) is 3.07. The van der Waals surface area contributed by atoms with Gasteiger partial charge in [0.05, 0.1) is 12.8 Å². The summed E-state index contributed by atoms with van der Waals surface area (Å²) in [7, 11) is 1.58. The molecule has 6 heteroatoms. The molecule has 0 unspecified atom stereocenters. The zero-order chi connectivity index (χ0) is 16.7. The van der Waals surface area contributed by atoms with E-state index in [1.807, 2.05) is 0 Å². The summed E-state index contributed by atoms with van der Waals surface area (Å²) >= 11 is 0. The van der Waals surface area contributed by atoms with Crippen molar-refractivity contribution in [3.05, 3.63) is 54.1 Å². The number of para-hydroxylation sites is 1. The molecule has 120 valence electrons. The molecule has 0 saturated carbocycles. The Bertz CT molecular complexity index is 696. The fourth-order valence-corrected chi connectivity index (χ4v) is 1.84. The molecule has 2 N–H and O–H groups in total. The summed E-state index contributed by atoms with van der Waals surface area (Å²) in [6.07, 6.45) is 0. The van der Waals surface area contributed by atoms with E-state index in [4.69, 9.17) is 9.47 Å². The van der Waals surface area contributed by atoms with Crippen LogP contribution in [-0.2, 0) is 4.79 Å². The monoisotopic (exact) mass is 314 g/mol. The Morgan fingerprint density at radius 1 is 1.13 bits per heavy atom. The summed E-state index contributed by atoms with van der Waals surface area (Å²) in [5, 5.41) is 13.7. The quantitative estimate of drug-likeness (QED) is 0.633. The first kappa shape index (κ1) is 16.4. The number of carbonyl (C=O) groups is 1. The van der Waals surface area contributed by atoms with Crippen molar-refractivity contribution in [2.45, 2.75) is 6.92 Å². The van der Waals surface area contributed by atoms with Crippen LogP contribution in [0.25, 0.3) is 0 Å². The highest BCUT2D eigenvalue weighted by atomic mass is 16.5. The molecule has 0 aromatic heterocycles. The van der Waals surface area contributed by atoms with Crippen LogP contribution in [0.2, 0.25) is 0 Å². The molecule has 0 radical (unpaired) electrons. The summed E-state index contributed by atoms with van der Waals surface area (Å²) in [6, 6.07) is 13.7. The van der Waals surface area contributed by atoms with Gasteiger partial charge < -0.3 is 14.6 Å². The first-order valence-electron chi connectivity index (χ1n) is 6.98. The van der Waals surface area contributed by atoms with Crippen molar-refractivity contribution in [1.29, 1.82) is 0 Å². The summed E-state index contributed by atoms with van der Waals surface area (Å²) in [6.45, 7) is 1.53. The second kappa shape index (κ2) is 7.84. The average molecular weight is 314 g/mol. The number of rotatable bonds is 6. The molecule has 0 aliphatic carbocycles. The summed E-state index contributed by atoms with van der Waals surface area (Å²) in [5.74, 6) is 0.986. The highest BCUT2D eigenvalue weighted by molar-refractivity contribution is 6.01. The largest absolute Gasteiger partial charge is 0.507 e. The summed E-state index contributed by atoms with van der Waals surface area (Å²) in [4.78, 5) is 11.7. The highest BCUT2D eigenvalue weighted by Gasteiger charge is 2.05. The number of amides is 1. The lowest BCUT2D eigenvalue weighted by Gasteiger charge is -2.07. The van der Waals surface area contributed by atoms with Crippen LogP contribution in [0.5, 0.6) is 17.2 Å². The van der Waals surface area contributed by atoms with Crippen LogP contribution in [0, 0.1) is 0 Å². The van der Waals surface area contributed by atoms with E-state index in [1.54, 1.807) is 62.6 Å². The van der Waals surface area contributed by atoms with E-state index in [2.05, 4.69) is 10.5 Å². The molecular formula is C17H18N2O4. The predicted octanol–water partition coefficient (Wildman–Crippen LogP) is 2.32. The molecule has 0 bridgehead atoms. The number of nitrogens with zero attached hydrogens (tertiary/aromatic N) is 1. The fourth-order valence-electron chi connectivity index (χ4n) is 1.84. The van der Waals surface area contributed by atoms with E-state index in [0.717, 1.165) is 0 Å². The Morgan fingerprint density at radius 3 is 2.43 bits per heavy atom. The average Bonchev–Trinajstić information content (AvgIpc) is 2.58. The Balaban J connectivity index is 1.87. The molecule has 0 aliphatic heterocycles. The minimum atomic E-state index is -0.393. The molecule has 6 nitrogen and oxygen atoms in total. The van der Waals surface area contributed by atoms with Crippen LogP contribution in [0.3, 0.4) is 0 Å². The van der Waals surface area contributed by atoms with Crippen LogP contribution in [0.4, 0.5) is 0 Å². The van der Waals surface area contributed by atoms with E-state index in [-0.39, 0.29) is 12.4 Å². The number of phenolic OH excluding ortho intramolecular Hbond substituents is 1. The van der Waals surface area contributed by atoms with Crippen molar-refractivity contribution >= 4 is 11.6 Å². The summed E-state index contributed by atoms with van der Waals surface area (Å²) < 4.78 is 10.4. The second-order valence-corrected chi connectivity index (χ2v) is 4.71. The number of phenols is 1. The van der Waals surface area contributed by atoms with Crippen LogP contribution < -0.4 is 14.9 Å². The van der Waals surface area contributed by atoms with Gasteiger partial charge in [0.15, 0.2) is 6.61 Å². The Kier molecular flexibility index (Phi) is 5.57. The lowest BCUT2D eigenvalue weighted by molar-refractivity contribution is -0.123. The molecule has 2 aromatic rings. The molecular weight excluding hydrogens is 296 g/mol. The number of hydrogen-bond donors (Lipinski definition) is 2. The lowest BCUT2D eigenvalue weighted by Crippen LogP contribution is -2.25. The standard InChI is InChI=1S/C17H18N2O4/c1-12(15-5-3-4-6-16(15)20)18-19-17(21)11-23-14-9-7-13(22-2)8-10-14/h3-10,20H,11H2,1-2H3,(H,19,21)/b18-12+. The number of carbonyl (C=O) groups excluding carboxylic acids is 1. The van der Waals surface area contributed by atoms with Gasteiger partial charge in [-0.1, -0.05) is 12.1 Å². The van der Waals surface area contributed by atoms with Gasteiger partial charge in [0.25, 0.3) is 5.91 Å². The number of nitrogens with one attached hydrogen (secondary N) is 1. The normalized spacial score (nSPS) is 11.0. The van der Waals surface area contributed by atoms with E-state index in [9.17, 15) is 9.90 Å². The van der Waals surface area contributed by atoms with Crippen molar-refractivity contribution in [2.75, 3.05) is 13.7 Å².